The Hall–Kier alpha value is -3.09. The third-order valence-electron chi connectivity index (χ3n) is 9.09. The minimum absolute atomic E-state index is 0.00460. The summed E-state index contributed by atoms with van der Waals surface area (Å²) >= 11 is 6.30. The summed E-state index contributed by atoms with van der Waals surface area (Å²) in [5, 5.41) is 0.915. The fourth-order valence-electron chi connectivity index (χ4n) is 7.68. The second-order valence-electron chi connectivity index (χ2n) is 11.2. The molecule has 3 fully saturated rings. The Morgan fingerprint density at radius 3 is 2.44 bits per heavy atom. The Bertz CT molecular complexity index is 1670. The third-order valence-corrected chi connectivity index (χ3v) is 12.2. The van der Waals surface area contributed by atoms with Crippen LogP contribution < -0.4 is 19.2 Å². The average Bonchev–Trinajstić information content (AvgIpc) is 3.72. The summed E-state index contributed by atoms with van der Waals surface area (Å²) < 4.78 is 17.6. The number of anilines is 1. The lowest BCUT2D eigenvalue weighted by Gasteiger charge is -2.43. The number of esters is 1. The predicted molar refractivity (Wildman–Crippen MR) is 165 cm³/mol. The van der Waals surface area contributed by atoms with Crippen molar-refractivity contribution in [3.05, 3.63) is 67.0 Å². The molecule has 2 aliphatic carbocycles. The number of hydrogen-bond acceptors (Lipinski definition) is 9. The van der Waals surface area contributed by atoms with Gasteiger partial charge in [-0.2, -0.15) is 0 Å². The predicted octanol–water partition coefficient (Wildman–Crippen LogP) is 5.22. The van der Waals surface area contributed by atoms with E-state index in [1.165, 1.54) is 16.2 Å². The summed E-state index contributed by atoms with van der Waals surface area (Å²) in [7, 11) is 0. The van der Waals surface area contributed by atoms with Gasteiger partial charge in [-0.1, -0.05) is 33.3 Å². The molecule has 3 aromatic rings. The Labute approximate surface area is 264 Å². The van der Waals surface area contributed by atoms with Crippen molar-refractivity contribution in [2.45, 2.75) is 36.5 Å². The first-order valence-electron chi connectivity index (χ1n) is 14.4. The Morgan fingerprint density at radius 2 is 1.72 bits per heavy atom. The number of thiazole rings is 1. The van der Waals surface area contributed by atoms with Gasteiger partial charge < -0.3 is 19.2 Å². The maximum Gasteiger partial charge on any atom is 0.344 e. The van der Waals surface area contributed by atoms with Crippen LogP contribution in [0.1, 0.15) is 36.6 Å². The molecule has 1 saturated heterocycles. The Balaban J connectivity index is 1.26. The van der Waals surface area contributed by atoms with Crippen LogP contribution in [-0.2, 0) is 19.1 Å². The van der Waals surface area contributed by atoms with Crippen LogP contribution in [0, 0.1) is 29.6 Å². The number of halogens is 1. The fraction of sp³-hybridized carbons (Fsp3) is 0.419. The van der Waals surface area contributed by atoms with Gasteiger partial charge in [-0.3, -0.25) is 19.3 Å². The molecule has 12 heteroatoms. The van der Waals surface area contributed by atoms with Crippen molar-refractivity contribution >= 4 is 62.5 Å². The van der Waals surface area contributed by atoms with E-state index < -0.39 is 5.97 Å². The number of benzene rings is 2. The summed E-state index contributed by atoms with van der Waals surface area (Å²) in [5.74, 6) is -0.620. The van der Waals surface area contributed by atoms with E-state index in [1.54, 1.807) is 36.9 Å². The molecule has 2 bridgehead atoms. The minimum atomic E-state index is -0.465. The standard InChI is InChI=1S/C31H29BrN2O7S2/c1-3-39-20-11-14(5-10-19(20)41-13-21(35)40-4-2)22-23-17-12-18(26(23)42-28-27(22)43-31(38)33-28)25-24(17)29(36)34(30(25)37)16-8-6-15(32)7-9-16/h5-11,17-18,22-26H,3-4,12-13H2,1-2H3,(H,33,38)/t17-,18-,22-,23?,24?,25?,26?/m1/s1. The Kier molecular flexibility index (Phi) is 7.41. The van der Waals surface area contributed by atoms with Gasteiger partial charge in [-0.15, -0.1) is 11.8 Å². The molecule has 2 amide bonds. The highest BCUT2D eigenvalue weighted by Gasteiger charge is 2.69. The molecule has 4 aliphatic rings. The molecule has 2 saturated carbocycles. The number of carbonyl (C=O) groups excluding carboxylic acids is 3. The van der Waals surface area contributed by atoms with Crippen molar-refractivity contribution in [1.29, 1.82) is 0 Å². The quantitative estimate of drug-likeness (QED) is 0.254. The normalized spacial score (nSPS) is 28.4. The SMILES string of the molecule is CCOC(=O)COc1ccc([C@H]2c3sc(=O)[nH]c3SC3C2[C@H]2C[C@@H]3C3C(=O)N(c4ccc(Br)cc4)C(=O)C32)cc1OCC. The number of rotatable bonds is 8. The number of aromatic nitrogens is 1. The smallest absolute Gasteiger partial charge is 0.344 e. The summed E-state index contributed by atoms with van der Waals surface area (Å²) in [6.45, 7) is 4.04. The van der Waals surface area contributed by atoms with Gasteiger partial charge >= 0.3 is 10.8 Å². The van der Waals surface area contributed by atoms with Crippen LogP contribution >= 0.6 is 39.0 Å². The van der Waals surface area contributed by atoms with Crippen molar-refractivity contribution in [1.82, 2.24) is 4.98 Å². The highest BCUT2D eigenvalue weighted by atomic mass is 79.9. The number of amides is 2. The Morgan fingerprint density at radius 1 is 0.977 bits per heavy atom. The van der Waals surface area contributed by atoms with Crippen molar-refractivity contribution in [2.24, 2.45) is 29.6 Å². The minimum Gasteiger partial charge on any atom is -0.490 e. The molecule has 2 aliphatic heterocycles. The molecule has 1 N–H and O–H groups in total. The van der Waals surface area contributed by atoms with E-state index in [2.05, 4.69) is 20.9 Å². The zero-order chi connectivity index (χ0) is 30.0. The van der Waals surface area contributed by atoms with Crippen molar-refractivity contribution < 1.29 is 28.6 Å². The topological polar surface area (TPSA) is 115 Å². The van der Waals surface area contributed by atoms with Crippen molar-refractivity contribution in [2.75, 3.05) is 24.7 Å². The fourth-order valence-corrected chi connectivity index (χ4v) is 10.8. The zero-order valence-electron chi connectivity index (χ0n) is 23.4. The number of nitrogens with one attached hydrogen (secondary N) is 1. The molecule has 0 radical (unpaired) electrons. The molecule has 43 heavy (non-hydrogen) atoms. The number of H-pyrrole nitrogens is 1. The molecule has 0 spiro atoms. The number of carbonyl (C=O) groups is 3. The maximum atomic E-state index is 14.0. The van der Waals surface area contributed by atoms with E-state index >= 15 is 0 Å². The number of imide groups is 1. The number of hydrogen-bond donors (Lipinski definition) is 1. The van der Waals surface area contributed by atoms with Gasteiger partial charge in [0.15, 0.2) is 18.1 Å². The molecule has 3 heterocycles. The van der Waals surface area contributed by atoms with Crippen LogP contribution in [0.2, 0.25) is 0 Å². The lowest BCUT2D eigenvalue weighted by molar-refractivity contribution is -0.145. The van der Waals surface area contributed by atoms with Crippen LogP contribution in [0.4, 0.5) is 5.69 Å². The van der Waals surface area contributed by atoms with Crippen LogP contribution in [0.25, 0.3) is 0 Å². The van der Waals surface area contributed by atoms with Gasteiger partial charge in [0.05, 0.1) is 35.8 Å². The molecule has 2 aromatic carbocycles. The highest BCUT2D eigenvalue weighted by molar-refractivity contribution is 9.10. The van der Waals surface area contributed by atoms with E-state index in [0.29, 0.717) is 23.8 Å². The second-order valence-corrected chi connectivity index (χ2v) is 14.3. The van der Waals surface area contributed by atoms with Gasteiger partial charge in [-0.25, -0.2) is 4.79 Å². The molecule has 1 aromatic heterocycles. The lowest BCUT2D eigenvalue weighted by atomic mass is 9.68. The first kappa shape index (κ1) is 28.7. The first-order chi connectivity index (χ1) is 20.8. The van der Waals surface area contributed by atoms with Gasteiger partial charge in [0.2, 0.25) is 11.8 Å². The molecule has 9 nitrogen and oxygen atoms in total. The highest BCUT2D eigenvalue weighted by Crippen LogP contribution is 2.68. The van der Waals surface area contributed by atoms with Crippen molar-refractivity contribution in [3.8, 4) is 11.5 Å². The zero-order valence-corrected chi connectivity index (χ0v) is 26.6. The van der Waals surface area contributed by atoms with Crippen LogP contribution in [-0.4, -0.2) is 47.8 Å². The summed E-state index contributed by atoms with van der Waals surface area (Å²) in [5.41, 5.74) is 1.55. The largest absolute Gasteiger partial charge is 0.490 e. The monoisotopic (exact) mass is 684 g/mol. The van der Waals surface area contributed by atoms with E-state index in [1.807, 2.05) is 31.2 Å². The number of thioether (sulfide) groups is 1. The molecular formula is C31H29BrN2O7S2. The lowest BCUT2D eigenvalue weighted by Crippen LogP contribution is -2.42. The number of ether oxygens (including phenoxy) is 3. The first-order valence-corrected chi connectivity index (χ1v) is 16.9. The van der Waals surface area contributed by atoms with E-state index in [9.17, 15) is 19.2 Å². The third kappa shape index (κ3) is 4.64. The van der Waals surface area contributed by atoms with Crippen molar-refractivity contribution in [3.63, 3.8) is 0 Å². The van der Waals surface area contributed by atoms with Crippen LogP contribution in [0.3, 0.4) is 0 Å². The molecule has 4 unspecified atom stereocenters. The van der Waals surface area contributed by atoms with E-state index in [4.69, 9.17) is 14.2 Å². The van der Waals surface area contributed by atoms with Crippen LogP contribution in [0.5, 0.6) is 11.5 Å². The number of aromatic amines is 1. The molecule has 224 valence electrons. The van der Waals surface area contributed by atoms with E-state index in [-0.39, 0.29) is 70.7 Å². The summed E-state index contributed by atoms with van der Waals surface area (Å²) in [4.78, 5) is 57.6. The van der Waals surface area contributed by atoms with E-state index in [0.717, 1.165) is 26.4 Å². The number of fused-ring (bicyclic) bond motifs is 9. The summed E-state index contributed by atoms with van der Waals surface area (Å²) in [6.07, 6.45) is 0.804. The molecular weight excluding hydrogens is 656 g/mol. The van der Waals surface area contributed by atoms with Gasteiger partial charge in [0.25, 0.3) is 0 Å². The maximum absolute atomic E-state index is 14.0. The van der Waals surface area contributed by atoms with Gasteiger partial charge in [0, 0.05) is 20.5 Å². The average molecular weight is 686 g/mol. The van der Waals surface area contributed by atoms with Gasteiger partial charge in [-0.05, 0) is 80.0 Å². The number of nitrogens with zero attached hydrogens (tertiary/aromatic N) is 1. The molecule has 7 atom stereocenters. The van der Waals surface area contributed by atoms with Crippen LogP contribution in [0.15, 0.2) is 56.8 Å². The van der Waals surface area contributed by atoms with Gasteiger partial charge in [0.1, 0.15) is 0 Å². The second kappa shape index (κ2) is 11.1. The summed E-state index contributed by atoms with van der Waals surface area (Å²) in [6, 6.07) is 13.0. The molecule has 7 rings (SSSR count).